The fourth-order valence-corrected chi connectivity index (χ4v) is 2.53. The number of nitrogens with two attached hydrogens (primary N) is 1. The van der Waals surface area contributed by atoms with E-state index in [9.17, 15) is 9.90 Å². The Morgan fingerprint density at radius 1 is 1.62 bits per heavy atom. The van der Waals surface area contributed by atoms with Crippen molar-refractivity contribution >= 4 is 5.82 Å². The van der Waals surface area contributed by atoms with Crippen molar-refractivity contribution in [3.05, 3.63) is 22.2 Å². The number of likely N-dealkylation sites (N-methyl/N-ethyl adjacent to an activating group) is 1. The summed E-state index contributed by atoms with van der Waals surface area (Å²) in [4.78, 5) is 15.7. The molecule has 1 aromatic heterocycles. The van der Waals surface area contributed by atoms with Gasteiger partial charge in [0.2, 0.25) is 0 Å². The van der Waals surface area contributed by atoms with Crippen LogP contribution >= 0.6 is 0 Å². The maximum atomic E-state index is 12.0. The predicted molar refractivity (Wildman–Crippen MR) is 76.9 cm³/mol. The van der Waals surface area contributed by atoms with Crippen LogP contribution in [0.3, 0.4) is 0 Å². The topological polar surface area (TPSA) is 112 Å². The first-order chi connectivity index (χ1) is 9.99. The first kappa shape index (κ1) is 15.9. The Morgan fingerprint density at radius 2 is 2.33 bits per heavy atom. The maximum absolute atomic E-state index is 12.0. The van der Waals surface area contributed by atoms with Gasteiger partial charge in [0.15, 0.2) is 6.23 Å². The summed E-state index contributed by atoms with van der Waals surface area (Å²) in [6.45, 7) is 4.67. The Balaban J connectivity index is 2.32. The van der Waals surface area contributed by atoms with Crippen molar-refractivity contribution in [1.82, 2.24) is 14.9 Å². The first-order valence-electron chi connectivity index (χ1n) is 6.90. The highest BCUT2D eigenvalue weighted by Crippen LogP contribution is 2.29. The summed E-state index contributed by atoms with van der Waals surface area (Å²) < 4.78 is 12.2. The smallest absolute Gasteiger partial charge is 0.351 e. The van der Waals surface area contributed by atoms with Crippen LogP contribution in [0.15, 0.2) is 11.0 Å². The summed E-state index contributed by atoms with van der Waals surface area (Å²) in [6.07, 6.45) is -0.489. The summed E-state index contributed by atoms with van der Waals surface area (Å²) in [5.74, 6) is 0.181. The number of hydrogen-bond donors (Lipinski definition) is 3. The lowest BCUT2D eigenvalue weighted by Crippen LogP contribution is -2.46. The van der Waals surface area contributed by atoms with Gasteiger partial charge in [-0.2, -0.15) is 4.98 Å². The SMILES string of the molecule is CCNC1[C@@H](COC)O[C@@H](n2cc(C)c(N)nc2=O)[C@H]1O. The van der Waals surface area contributed by atoms with Gasteiger partial charge in [-0.3, -0.25) is 4.57 Å². The van der Waals surface area contributed by atoms with Crippen molar-refractivity contribution in [2.75, 3.05) is 26.0 Å². The molecule has 2 rings (SSSR count). The van der Waals surface area contributed by atoms with Crippen molar-refractivity contribution in [2.24, 2.45) is 0 Å². The summed E-state index contributed by atoms with van der Waals surface area (Å²) in [7, 11) is 1.56. The molecule has 1 aliphatic rings. The summed E-state index contributed by atoms with van der Waals surface area (Å²) in [5, 5.41) is 13.6. The Hall–Kier alpha value is -1.48. The molecule has 8 nitrogen and oxygen atoms in total. The van der Waals surface area contributed by atoms with Gasteiger partial charge in [-0.05, 0) is 13.5 Å². The molecule has 0 aliphatic carbocycles. The molecule has 4 N–H and O–H groups in total. The Morgan fingerprint density at radius 3 is 2.95 bits per heavy atom. The predicted octanol–water partition coefficient (Wildman–Crippen LogP) is -0.983. The minimum atomic E-state index is -0.882. The van der Waals surface area contributed by atoms with Gasteiger partial charge < -0.3 is 25.6 Å². The number of nitrogens with one attached hydrogen (secondary N) is 1. The van der Waals surface area contributed by atoms with Crippen molar-refractivity contribution in [3.8, 4) is 0 Å². The van der Waals surface area contributed by atoms with E-state index in [-0.39, 0.29) is 18.0 Å². The zero-order valence-electron chi connectivity index (χ0n) is 12.4. The zero-order chi connectivity index (χ0) is 15.6. The Kier molecular flexibility index (Phi) is 4.94. The maximum Gasteiger partial charge on any atom is 0.351 e. The molecule has 0 amide bonds. The molecule has 0 bridgehead atoms. The second-order valence-corrected chi connectivity index (χ2v) is 5.09. The van der Waals surface area contributed by atoms with Crippen LogP contribution in [0.4, 0.5) is 5.82 Å². The van der Waals surface area contributed by atoms with Crippen LogP contribution in [0.2, 0.25) is 0 Å². The number of anilines is 1. The van der Waals surface area contributed by atoms with Crippen LogP contribution in [0.25, 0.3) is 0 Å². The number of aromatic nitrogens is 2. The molecule has 0 saturated carbocycles. The number of nitrogen functional groups attached to an aromatic ring is 1. The molecule has 1 saturated heterocycles. The van der Waals surface area contributed by atoms with E-state index in [0.717, 1.165) is 0 Å². The molecule has 0 radical (unpaired) electrons. The molecule has 2 heterocycles. The van der Waals surface area contributed by atoms with Crippen LogP contribution in [-0.2, 0) is 9.47 Å². The minimum Gasteiger partial charge on any atom is -0.387 e. The molecular formula is C13H22N4O4. The molecule has 1 unspecified atom stereocenters. The highest BCUT2D eigenvalue weighted by molar-refractivity contribution is 5.35. The molecule has 1 aromatic rings. The van der Waals surface area contributed by atoms with E-state index in [0.29, 0.717) is 18.7 Å². The molecule has 0 spiro atoms. The van der Waals surface area contributed by atoms with Crippen molar-refractivity contribution in [2.45, 2.75) is 38.3 Å². The van der Waals surface area contributed by atoms with Crippen LogP contribution in [-0.4, -0.2) is 53.2 Å². The number of hydrogen-bond acceptors (Lipinski definition) is 7. The van der Waals surface area contributed by atoms with Crippen molar-refractivity contribution in [1.29, 1.82) is 0 Å². The van der Waals surface area contributed by atoms with E-state index in [4.69, 9.17) is 15.2 Å². The van der Waals surface area contributed by atoms with Crippen LogP contribution in [0, 0.1) is 6.92 Å². The van der Waals surface area contributed by atoms with Gasteiger partial charge in [0, 0.05) is 18.9 Å². The lowest BCUT2D eigenvalue weighted by atomic mass is 10.1. The molecule has 21 heavy (non-hydrogen) atoms. The summed E-state index contributed by atoms with van der Waals surface area (Å²) in [6, 6.07) is -0.315. The van der Waals surface area contributed by atoms with E-state index < -0.39 is 18.0 Å². The van der Waals surface area contributed by atoms with Crippen molar-refractivity contribution < 1.29 is 14.6 Å². The lowest BCUT2D eigenvalue weighted by molar-refractivity contribution is -0.0586. The monoisotopic (exact) mass is 298 g/mol. The minimum absolute atomic E-state index is 0.181. The third kappa shape index (κ3) is 3.08. The van der Waals surface area contributed by atoms with Gasteiger partial charge in [0.1, 0.15) is 18.0 Å². The second kappa shape index (κ2) is 6.52. The number of aliphatic hydroxyl groups is 1. The molecule has 4 atom stereocenters. The normalized spacial score (nSPS) is 29.0. The highest BCUT2D eigenvalue weighted by atomic mass is 16.6. The van der Waals surface area contributed by atoms with E-state index in [2.05, 4.69) is 10.3 Å². The molecule has 1 fully saturated rings. The van der Waals surface area contributed by atoms with Gasteiger partial charge in [0.05, 0.1) is 12.6 Å². The Labute approximate surface area is 122 Å². The fraction of sp³-hybridized carbons (Fsp3) is 0.692. The van der Waals surface area contributed by atoms with Gasteiger partial charge in [-0.15, -0.1) is 0 Å². The number of ether oxygens (including phenoxy) is 2. The second-order valence-electron chi connectivity index (χ2n) is 5.09. The quantitative estimate of drug-likeness (QED) is 0.640. The lowest BCUT2D eigenvalue weighted by Gasteiger charge is -2.20. The number of methoxy groups -OCH3 is 1. The molecule has 0 aromatic carbocycles. The number of aliphatic hydroxyl groups excluding tert-OH is 1. The van der Waals surface area contributed by atoms with Crippen LogP contribution in [0.1, 0.15) is 18.7 Å². The number of nitrogens with zero attached hydrogens (tertiary/aromatic N) is 2. The zero-order valence-corrected chi connectivity index (χ0v) is 12.4. The van der Waals surface area contributed by atoms with E-state index in [1.165, 1.54) is 4.57 Å². The molecular weight excluding hydrogens is 276 g/mol. The van der Waals surface area contributed by atoms with Crippen molar-refractivity contribution in [3.63, 3.8) is 0 Å². The average Bonchev–Trinajstić information content (AvgIpc) is 2.73. The molecule has 1 aliphatic heterocycles. The average molecular weight is 298 g/mol. The molecule has 118 valence electrons. The largest absolute Gasteiger partial charge is 0.387 e. The summed E-state index contributed by atoms with van der Waals surface area (Å²) >= 11 is 0. The first-order valence-corrected chi connectivity index (χ1v) is 6.90. The van der Waals surface area contributed by atoms with E-state index >= 15 is 0 Å². The highest BCUT2D eigenvalue weighted by Gasteiger charge is 2.44. The van der Waals surface area contributed by atoms with Gasteiger partial charge in [-0.1, -0.05) is 6.92 Å². The van der Waals surface area contributed by atoms with Gasteiger partial charge in [-0.25, -0.2) is 4.79 Å². The third-order valence-corrected chi connectivity index (χ3v) is 3.59. The van der Waals surface area contributed by atoms with Gasteiger partial charge >= 0.3 is 5.69 Å². The standard InChI is InChI=1S/C13H22N4O4/c1-4-15-9-8(6-20-3)21-12(10(9)18)17-5-7(2)11(14)16-13(17)19/h5,8-10,12,15,18H,4,6H2,1-3H3,(H2,14,16,19)/t8-,9?,10+,12-/m1/s1. The molecule has 8 heteroatoms. The van der Waals surface area contributed by atoms with Crippen LogP contribution < -0.4 is 16.7 Å². The van der Waals surface area contributed by atoms with Gasteiger partial charge in [0.25, 0.3) is 0 Å². The number of aryl methyl sites for hydroxylation is 1. The Bertz CT molecular complexity index is 547. The fourth-order valence-electron chi connectivity index (χ4n) is 2.53. The van der Waals surface area contributed by atoms with Crippen LogP contribution in [0.5, 0.6) is 0 Å². The summed E-state index contributed by atoms with van der Waals surface area (Å²) in [5.41, 5.74) is 5.72. The number of rotatable bonds is 5. The van der Waals surface area contributed by atoms with E-state index in [1.807, 2.05) is 6.92 Å². The third-order valence-electron chi connectivity index (χ3n) is 3.59. The van der Waals surface area contributed by atoms with E-state index in [1.54, 1.807) is 20.2 Å².